The van der Waals surface area contributed by atoms with E-state index < -0.39 is 0 Å². The third kappa shape index (κ3) is 10.9. The summed E-state index contributed by atoms with van der Waals surface area (Å²) in [5.74, 6) is 0.141. The predicted octanol–water partition coefficient (Wildman–Crippen LogP) is -0.0757. The first-order chi connectivity index (χ1) is 9.33. The Morgan fingerprint density at radius 2 is 1.74 bits per heavy atom. The van der Waals surface area contributed by atoms with Crippen LogP contribution in [0.25, 0.3) is 0 Å². The van der Waals surface area contributed by atoms with Crippen molar-refractivity contribution >= 4 is 5.91 Å². The fourth-order valence-corrected chi connectivity index (χ4v) is 1.46. The zero-order valence-electron chi connectivity index (χ0n) is 11.8. The van der Waals surface area contributed by atoms with Crippen molar-refractivity contribution in [1.29, 1.82) is 0 Å². The van der Waals surface area contributed by atoms with E-state index >= 15 is 0 Å². The summed E-state index contributed by atoms with van der Waals surface area (Å²) in [6.45, 7) is 4.50. The van der Waals surface area contributed by atoms with E-state index in [0.717, 1.165) is 19.4 Å². The Morgan fingerprint density at radius 1 is 1.05 bits per heavy atom. The molecular weight excluding hydrogens is 248 g/mol. The van der Waals surface area contributed by atoms with Crippen molar-refractivity contribution in [2.24, 2.45) is 0 Å². The molecule has 1 aliphatic carbocycles. The average molecular weight is 274 g/mol. The van der Waals surface area contributed by atoms with Gasteiger partial charge in [-0.1, -0.05) is 0 Å². The van der Waals surface area contributed by atoms with E-state index in [9.17, 15) is 4.79 Å². The molecule has 0 aromatic heterocycles. The second kappa shape index (κ2) is 11.2. The first-order valence-electron chi connectivity index (χ1n) is 6.97. The second-order valence-electron chi connectivity index (χ2n) is 4.56. The molecule has 0 radical (unpaired) electrons. The van der Waals surface area contributed by atoms with Gasteiger partial charge in [-0.3, -0.25) is 4.79 Å². The smallest absolute Gasteiger partial charge is 0.221 e. The first kappa shape index (κ1) is 16.4. The number of carbonyl (C=O) groups is 1. The van der Waals surface area contributed by atoms with E-state index in [2.05, 4.69) is 10.6 Å². The molecule has 0 bridgehead atoms. The third-order valence-electron chi connectivity index (χ3n) is 2.70. The third-order valence-corrected chi connectivity index (χ3v) is 2.70. The van der Waals surface area contributed by atoms with Gasteiger partial charge in [-0.25, -0.2) is 0 Å². The summed E-state index contributed by atoms with van der Waals surface area (Å²) < 4.78 is 15.5. The van der Waals surface area contributed by atoms with E-state index in [1.54, 1.807) is 7.11 Å². The molecule has 1 aliphatic rings. The van der Waals surface area contributed by atoms with Crippen LogP contribution in [0.15, 0.2) is 0 Å². The van der Waals surface area contributed by atoms with Gasteiger partial charge in [0.2, 0.25) is 5.91 Å². The Kier molecular flexibility index (Phi) is 9.61. The van der Waals surface area contributed by atoms with Crippen molar-refractivity contribution in [3.63, 3.8) is 0 Å². The van der Waals surface area contributed by atoms with Crippen LogP contribution in [-0.2, 0) is 19.0 Å². The monoisotopic (exact) mass is 274 g/mol. The topological polar surface area (TPSA) is 68.8 Å². The summed E-state index contributed by atoms with van der Waals surface area (Å²) in [5.41, 5.74) is 0. The number of carbonyl (C=O) groups excluding carboxylic acids is 1. The van der Waals surface area contributed by atoms with Gasteiger partial charge >= 0.3 is 0 Å². The molecule has 2 N–H and O–H groups in total. The second-order valence-corrected chi connectivity index (χ2v) is 4.56. The van der Waals surface area contributed by atoms with Crippen LogP contribution in [0.1, 0.15) is 19.3 Å². The number of ether oxygens (including phenoxy) is 3. The lowest BCUT2D eigenvalue weighted by molar-refractivity contribution is -0.121. The van der Waals surface area contributed by atoms with Gasteiger partial charge in [-0.15, -0.1) is 0 Å². The van der Waals surface area contributed by atoms with Crippen LogP contribution in [0, 0.1) is 0 Å². The Labute approximate surface area is 115 Å². The molecule has 0 spiro atoms. The largest absolute Gasteiger partial charge is 0.382 e. The van der Waals surface area contributed by atoms with Crippen LogP contribution in [0.3, 0.4) is 0 Å². The number of amides is 1. The molecule has 1 amide bonds. The molecule has 0 heterocycles. The van der Waals surface area contributed by atoms with E-state index in [1.165, 1.54) is 0 Å². The molecule has 19 heavy (non-hydrogen) atoms. The van der Waals surface area contributed by atoms with E-state index in [4.69, 9.17) is 14.2 Å². The summed E-state index contributed by atoms with van der Waals surface area (Å²) in [4.78, 5) is 11.3. The Morgan fingerprint density at radius 3 is 2.42 bits per heavy atom. The van der Waals surface area contributed by atoms with E-state index in [-0.39, 0.29) is 5.91 Å². The first-order valence-corrected chi connectivity index (χ1v) is 6.97. The van der Waals surface area contributed by atoms with Crippen LogP contribution in [0.2, 0.25) is 0 Å². The number of hydrogen-bond donors (Lipinski definition) is 2. The fourth-order valence-electron chi connectivity index (χ4n) is 1.46. The van der Waals surface area contributed by atoms with Gasteiger partial charge in [0.1, 0.15) is 0 Å². The van der Waals surface area contributed by atoms with Crippen LogP contribution < -0.4 is 10.6 Å². The number of rotatable bonds is 13. The van der Waals surface area contributed by atoms with Gasteiger partial charge < -0.3 is 24.8 Å². The molecule has 1 saturated carbocycles. The average Bonchev–Trinajstić information content (AvgIpc) is 3.20. The van der Waals surface area contributed by atoms with Gasteiger partial charge in [0.15, 0.2) is 0 Å². The molecule has 0 atom stereocenters. The molecule has 0 aromatic rings. The van der Waals surface area contributed by atoms with Gasteiger partial charge in [0.05, 0.1) is 33.0 Å². The standard InChI is InChI=1S/C13H26N2O4/c1-17-8-9-19-11-10-18-7-6-14-5-4-13(16)15-12-2-3-12/h12,14H,2-11H2,1H3,(H,15,16). The Hall–Kier alpha value is -0.690. The summed E-state index contributed by atoms with van der Waals surface area (Å²) in [6.07, 6.45) is 2.82. The van der Waals surface area contributed by atoms with Gasteiger partial charge in [0, 0.05) is 32.7 Å². The maximum Gasteiger partial charge on any atom is 0.221 e. The molecule has 0 aromatic carbocycles. The molecule has 1 rings (SSSR count). The molecular formula is C13H26N2O4. The highest BCUT2D eigenvalue weighted by molar-refractivity contribution is 5.76. The Bertz CT molecular complexity index is 235. The van der Waals surface area contributed by atoms with Crippen LogP contribution in [0.5, 0.6) is 0 Å². The van der Waals surface area contributed by atoms with Crippen LogP contribution >= 0.6 is 0 Å². The maximum absolute atomic E-state index is 11.3. The highest BCUT2D eigenvalue weighted by Gasteiger charge is 2.22. The highest BCUT2D eigenvalue weighted by atomic mass is 16.5. The summed E-state index contributed by atoms with van der Waals surface area (Å²) in [6, 6.07) is 0.453. The van der Waals surface area contributed by atoms with E-state index in [1.807, 2.05) is 0 Å². The Balaban J connectivity index is 1.70. The van der Waals surface area contributed by atoms with Crippen molar-refractivity contribution in [3.8, 4) is 0 Å². The molecule has 6 nitrogen and oxygen atoms in total. The summed E-state index contributed by atoms with van der Waals surface area (Å²) in [7, 11) is 1.65. The van der Waals surface area contributed by atoms with E-state index in [0.29, 0.717) is 52.0 Å². The lowest BCUT2D eigenvalue weighted by atomic mass is 10.4. The molecule has 0 saturated heterocycles. The van der Waals surface area contributed by atoms with Crippen molar-refractivity contribution in [2.75, 3.05) is 53.2 Å². The summed E-state index contributed by atoms with van der Waals surface area (Å²) in [5, 5.41) is 6.13. The zero-order chi connectivity index (χ0) is 13.8. The molecule has 1 fully saturated rings. The molecule has 6 heteroatoms. The number of methoxy groups -OCH3 is 1. The van der Waals surface area contributed by atoms with Crippen molar-refractivity contribution in [3.05, 3.63) is 0 Å². The quantitative estimate of drug-likeness (QED) is 0.460. The minimum Gasteiger partial charge on any atom is -0.382 e. The SMILES string of the molecule is COCCOCCOCCNCCC(=O)NC1CC1. The minimum atomic E-state index is 0.141. The fraction of sp³-hybridized carbons (Fsp3) is 0.923. The van der Waals surface area contributed by atoms with Gasteiger partial charge in [0.25, 0.3) is 0 Å². The molecule has 0 aliphatic heterocycles. The van der Waals surface area contributed by atoms with Gasteiger partial charge in [-0.05, 0) is 12.8 Å². The highest BCUT2D eigenvalue weighted by Crippen LogP contribution is 2.18. The predicted molar refractivity (Wildman–Crippen MR) is 72.2 cm³/mol. The zero-order valence-corrected chi connectivity index (χ0v) is 11.8. The number of nitrogens with one attached hydrogen (secondary N) is 2. The lowest BCUT2D eigenvalue weighted by Crippen LogP contribution is -2.30. The van der Waals surface area contributed by atoms with Crippen molar-refractivity contribution in [2.45, 2.75) is 25.3 Å². The molecule has 112 valence electrons. The van der Waals surface area contributed by atoms with Crippen LogP contribution in [-0.4, -0.2) is 65.2 Å². The molecule has 0 unspecified atom stereocenters. The normalized spacial score (nSPS) is 14.6. The minimum absolute atomic E-state index is 0.141. The maximum atomic E-state index is 11.3. The van der Waals surface area contributed by atoms with Gasteiger partial charge in [-0.2, -0.15) is 0 Å². The number of hydrogen-bond acceptors (Lipinski definition) is 5. The van der Waals surface area contributed by atoms with Crippen molar-refractivity contribution < 1.29 is 19.0 Å². The lowest BCUT2D eigenvalue weighted by Gasteiger charge is -2.07. The van der Waals surface area contributed by atoms with Crippen molar-refractivity contribution in [1.82, 2.24) is 10.6 Å². The summed E-state index contributed by atoms with van der Waals surface area (Å²) >= 11 is 0. The van der Waals surface area contributed by atoms with Crippen LogP contribution in [0.4, 0.5) is 0 Å².